The summed E-state index contributed by atoms with van der Waals surface area (Å²) in [6, 6.07) is 5.87. The second-order valence-corrected chi connectivity index (χ2v) is 6.68. The Balaban J connectivity index is 2.00. The van der Waals surface area contributed by atoms with Gasteiger partial charge in [0.2, 0.25) is 5.95 Å². The van der Waals surface area contributed by atoms with E-state index in [-0.39, 0.29) is 11.5 Å². The summed E-state index contributed by atoms with van der Waals surface area (Å²) >= 11 is 0. The Bertz CT molecular complexity index is 1090. The van der Waals surface area contributed by atoms with Gasteiger partial charge in [0.15, 0.2) is 11.2 Å². The number of imidazole rings is 1. The lowest BCUT2D eigenvalue weighted by Gasteiger charge is -2.09. The van der Waals surface area contributed by atoms with Crippen LogP contribution in [0.1, 0.15) is 25.8 Å². The smallest absolute Gasteiger partial charge is 0.303 e. The summed E-state index contributed by atoms with van der Waals surface area (Å²) < 4.78 is 16.0. The van der Waals surface area contributed by atoms with E-state index in [1.165, 1.54) is 22.9 Å². The van der Waals surface area contributed by atoms with Gasteiger partial charge in [-0.3, -0.25) is 14.3 Å². The zero-order valence-electron chi connectivity index (χ0n) is 15.4. The number of anilines is 1. The number of halogens is 1. The summed E-state index contributed by atoms with van der Waals surface area (Å²) in [5.41, 5.74) is 3.12. The summed E-state index contributed by atoms with van der Waals surface area (Å²) in [4.78, 5) is 30.8. The van der Waals surface area contributed by atoms with Crippen molar-refractivity contribution in [1.29, 1.82) is 0 Å². The molecule has 3 aromatic rings. The number of nitrogens with one attached hydrogen (secondary N) is 2. The highest BCUT2D eigenvalue weighted by Gasteiger charge is 2.17. The molecule has 0 unspecified atom stereocenters. The minimum Gasteiger partial charge on any atom is -0.303 e. The Morgan fingerprint density at radius 1 is 1.30 bits per heavy atom. The molecule has 0 fully saturated rings. The minimum absolute atomic E-state index is 0.284. The number of H-pyrrole nitrogens is 1. The second-order valence-electron chi connectivity index (χ2n) is 6.68. The second kappa shape index (κ2) is 7.56. The molecule has 2 heterocycles. The van der Waals surface area contributed by atoms with Gasteiger partial charge in [-0.25, -0.2) is 14.6 Å². The zero-order valence-corrected chi connectivity index (χ0v) is 15.4. The number of hydrazone groups is 1. The van der Waals surface area contributed by atoms with E-state index in [9.17, 15) is 14.0 Å². The van der Waals surface area contributed by atoms with Crippen molar-refractivity contribution in [3.05, 3.63) is 56.5 Å². The van der Waals surface area contributed by atoms with Crippen LogP contribution >= 0.6 is 0 Å². The van der Waals surface area contributed by atoms with Gasteiger partial charge in [0, 0.05) is 13.6 Å². The van der Waals surface area contributed by atoms with Crippen LogP contribution in [0.5, 0.6) is 0 Å². The van der Waals surface area contributed by atoms with Crippen LogP contribution in [0.3, 0.4) is 0 Å². The highest BCUT2D eigenvalue weighted by molar-refractivity contribution is 5.80. The number of fused-ring (bicyclic) bond motifs is 1. The molecular formula is C18H21FN6O2. The fourth-order valence-electron chi connectivity index (χ4n) is 2.64. The van der Waals surface area contributed by atoms with E-state index < -0.39 is 11.2 Å². The van der Waals surface area contributed by atoms with Gasteiger partial charge in [-0.15, -0.1) is 0 Å². The highest BCUT2D eigenvalue weighted by Crippen LogP contribution is 2.17. The molecule has 0 bridgehead atoms. The first kappa shape index (κ1) is 18.6. The van der Waals surface area contributed by atoms with Crippen molar-refractivity contribution >= 4 is 23.3 Å². The van der Waals surface area contributed by atoms with Crippen LogP contribution in [-0.4, -0.2) is 25.3 Å². The molecule has 8 nitrogen and oxygen atoms in total. The van der Waals surface area contributed by atoms with Gasteiger partial charge in [0.05, 0.1) is 6.21 Å². The monoisotopic (exact) mass is 372 g/mol. The van der Waals surface area contributed by atoms with Crippen molar-refractivity contribution in [3.63, 3.8) is 0 Å². The molecular weight excluding hydrogens is 351 g/mol. The maximum atomic E-state index is 13.0. The Morgan fingerprint density at radius 2 is 2.00 bits per heavy atom. The molecule has 0 saturated carbocycles. The fourth-order valence-corrected chi connectivity index (χ4v) is 2.64. The van der Waals surface area contributed by atoms with E-state index in [0.717, 1.165) is 6.42 Å². The largest absolute Gasteiger partial charge is 0.329 e. The van der Waals surface area contributed by atoms with E-state index in [1.54, 1.807) is 23.7 Å². The number of rotatable bonds is 6. The van der Waals surface area contributed by atoms with Crippen molar-refractivity contribution in [2.24, 2.45) is 18.1 Å². The van der Waals surface area contributed by atoms with Crippen LogP contribution in [0.15, 0.2) is 39.0 Å². The van der Waals surface area contributed by atoms with Crippen molar-refractivity contribution in [2.75, 3.05) is 5.43 Å². The highest BCUT2D eigenvalue weighted by atomic mass is 19.1. The number of aryl methyl sites for hydroxylation is 2. The number of nitrogens with zero attached hydrogens (tertiary/aromatic N) is 4. The predicted octanol–water partition coefficient (Wildman–Crippen LogP) is 2.05. The molecule has 0 atom stereocenters. The standard InChI is InChI=1S/C18H21FN6O2/c1-11(2)8-9-25-14-15(24(3)18(27)22-16(14)26)21-17(25)23-20-10-12-4-6-13(19)7-5-12/h4-7,10-11H,8-9H2,1-3H3,(H,21,23)(H,22,26,27). The quantitative estimate of drug-likeness (QED) is 0.511. The molecule has 9 heteroatoms. The summed E-state index contributed by atoms with van der Waals surface area (Å²) in [5.74, 6) is 0.455. The lowest BCUT2D eigenvalue weighted by atomic mass is 10.1. The van der Waals surface area contributed by atoms with Crippen molar-refractivity contribution in [2.45, 2.75) is 26.8 Å². The van der Waals surface area contributed by atoms with Gasteiger partial charge in [-0.1, -0.05) is 26.0 Å². The van der Waals surface area contributed by atoms with Gasteiger partial charge >= 0.3 is 5.69 Å². The number of benzene rings is 1. The molecule has 0 radical (unpaired) electrons. The van der Waals surface area contributed by atoms with E-state index in [4.69, 9.17) is 0 Å². The lowest BCUT2D eigenvalue weighted by molar-refractivity contribution is 0.524. The first-order valence-electron chi connectivity index (χ1n) is 8.61. The fraction of sp³-hybridized carbons (Fsp3) is 0.333. The molecule has 0 aliphatic heterocycles. The van der Waals surface area contributed by atoms with Crippen LogP contribution in [0.2, 0.25) is 0 Å². The van der Waals surface area contributed by atoms with E-state index >= 15 is 0 Å². The van der Waals surface area contributed by atoms with Crippen LogP contribution in [-0.2, 0) is 13.6 Å². The van der Waals surface area contributed by atoms with Gasteiger partial charge in [-0.05, 0) is 30.0 Å². The first-order valence-corrected chi connectivity index (χ1v) is 8.61. The molecule has 0 saturated heterocycles. The van der Waals surface area contributed by atoms with Crippen LogP contribution in [0, 0.1) is 11.7 Å². The number of hydrogen-bond acceptors (Lipinski definition) is 5. The molecule has 3 rings (SSSR count). The minimum atomic E-state index is -0.526. The average molecular weight is 372 g/mol. The van der Waals surface area contributed by atoms with E-state index in [2.05, 4.69) is 34.3 Å². The Morgan fingerprint density at radius 3 is 2.67 bits per heavy atom. The number of aromatic amines is 1. The summed E-state index contributed by atoms with van der Waals surface area (Å²) in [7, 11) is 1.55. The molecule has 2 aromatic heterocycles. The molecule has 0 amide bonds. The van der Waals surface area contributed by atoms with Gasteiger partial charge < -0.3 is 4.57 Å². The Labute approximate surface area is 154 Å². The summed E-state index contributed by atoms with van der Waals surface area (Å²) in [6.45, 7) is 4.71. The third-order valence-electron chi connectivity index (χ3n) is 4.19. The van der Waals surface area contributed by atoms with Crippen molar-refractivity contribution < 1.29 is 4.39 Å². The number of aromatic nitrogens is 4. The third-order valence-corrected chi connectivity index (χ3v) is 4.19. The van der Waals surface area contributed by atoms with E-state index in [1.807, 2.05) is 0 Å². The van der Waals surface area contributed by atoms with Crippen molar-refractivity contribution in [3.8, 4) is 0 Å². The van der Waals surface area contributed by atoms with Gasteiger partial charge in [-0.2, -0.15) is 10.1 Å². The Hall–Kier alpha value is -3.23. The van der Waals surface area contributed by atoms with E-state index in [0.29, 0.717) is 29.5 Å². The number of hydrogen-bond donors (Lipinski definition) is 2. The molecule has 1 aromatic carbocycles. The summed E-state index contributed by atoms with van der Waals surface area (Å²) in [6.07, 6.45) is 2.35. The van der Waals surface area contributed by atoms with Crippen LogP contribution in [0.25, 0.3) is 11.2 Å². The maximum Gasteiger partial charge on any atom is 0.329 e. The summed E-state index contributed by atoms with van der Waals surface area (Å²) in [5, 5.41) is 4.13. The first-order chi connectivity index (χ1) is 12.9. The molecule has 0 spiro atoms. The predicted molar refractivity (Wildman–Crippen MR) is 103 cm³/mol. The topological polar surface area (TPSA) is 97.1 Å². The van der Waals surface area contributed by atoms with Gasteiger partial charge in [0.25, 0.3) is 5.56 Å². The van der Waals surface area contributed by atoms with Crippen molar-refractivity contribution in [1.82, 2.24) is 19.1 Å². The third kappa shape index (κ3) is 3.97. The molecule has 2 N–H and O–H groups in total. The molecule has 142 valence electrons. The van der Waals surface area contributed by atoms with Gasteiger partial charge in [0.1, 0.15) is 5.82 Å². The normalized spacial score (nSPS) is 11.7. The SMILES string of the molecule is CC(C)CCn1c(NN=Cc2ccc(F)cc2)nc2c1c(=O)[nH]c(=O)n2C. The van der Waals surface area contributed by atoms with Crippen LogP contribution < -0.4 is 16.7 Å². The molecule has 27 heavy (non-hydrogen) atoms. The Kier molecular flexibility index (Phi) is 5.20. The van der Waals surface area contributed by atoms with Crippen LogP contribution in [0.4, 0.5) is 10.3 Å². The molecule has 0 aliphatic rings. The molecule has 0 aliphatic carbocycles. The lowest BCUT2D eigenvalue weighted by Crippen LogP contribution is -2.29. The average Bonchev–Trinajstić information content (AvgIpc) is 2.99. The maximum absolute atomic E-state index is 13.0. The zero-order chi connectivity index (χ0) is 19.6.